The van der Waals surface area contributed by atoms with Crippen LogP contribution in [0.3, 0.4) is 0 Å². The molecule has 0 fully saturated rings. The molecule has 3 aromatic rings. The summed E-state index contributed by atoms with van der Waals surface area (Å²) in [7, 11) is 1.51. The Morgan fingerprint density at radius 3 is 2.24 bits per heavy atom. The number of hydrogen-bond donors (Lipinski definition) is 2. The van der Waals surface area contributed by atoms with Crippen molar-refractivity contribution in [2.75, 3.05) is 17.7 Å². The summed E-state index contributed by atoms with van der Waals surface area (Å²) in [6.45, 7) is 0. The quantitative estimate of drug-likeness (QED) is 0.485. The fourth-order valence-electron chi connectivity index (χ4n) is 2.64. The zero-order valence-corrected chi connectivity index (χ0v) is 15.4. The number of rotatable bonds is 6. The van der Waals surface area contributed by atoms with Crippen molar-refractivity contribution in [3.63, 3.8) is 0 Å². The predicted molar refractivity (Wildman–Crippen MR) is 108 cm³/mol. The van der Waals surface area contributed by atoms with Gasteiger partial charge in [-0.2, -0.15) is 0 Å². The number of anilines is 2. The Kier molecular flexibility index (Phi) is 5.84. The average molecular weight is 391 g/mol. The van der Waals surface area contributed by atoms with Gasteiger partial charge in [0.2, 0.25) is 0 Å². The zero-order valence-electron chi connectivity index (χ0n) is 15.4. The van der Waals surface area contributed by atoms with Gasteiger partial charge in [-0.25, -0.2) is 0 Å². The van der Waals surface area contributed by atoms with Crippen LogP contribution in [0.5, 0.6) is 5.75 Å². The lowest BCUT2D eigenvalue weighted by molar-refractivity contribution is -0.384. The number of para-hydroxylation sites is 2. The summed E-state index contributed by atoms with van der Waals surface area (Å²) in [5.74, 6) is -0.368. The van der Waals surface area contributed by atoms with Crippen molar-refractivity contribution >= 4 is 28.9 Å². The Labute approximate surface area is 166 Å². The third kappa shape index (κ3) is 4.75. The maximum atomic E-state index is 12.6. The minimum atomic E-state index is -0.570. The molecule has 146 valence electrons. The molecule has 0 saturated heterocycles. The number of methoxy groups -OCH3 is 1. The highest BCUT2D eigenvalue weighted by Gasteiger charge is 2.13. The van der Waals surface area contributed by atoms with Gasteiger partial charge in [0.05, 0.1) is 17.7 Å². The molecule has 29 heavy (non-hydrogen) atoms. The highest BCUT2D eigenvalue weighted by molar-refractivity contribution is 6.08. The van der Waals surface area contributed by atoms with Gasteiger partial charge in [-0.05, 0) is 36.4 Å². The number of benzene rings is 3. The van der Waals surface area contributed by atoms with E-state index in [-0.39, 0.29) is 17.2 Å². The van der Waals surface area contributed by atoms with Crippen LogP contribution in [0.4, 0.5) is 17.1 Å². The number of carbonyl (C=O) groups is 2. The standard InChI is InChI=1S/C21H17N3O5/c1-29-19-11-3-2-10-18(19)23-21(26)14-6-4-8-16(12-14)22-20(25)15-7-5-9-17(13-15)24(27)28/h2-13H,1H3,(H,22,25)(H,23,26). The number of nitro benzene ring substituents is 1. The average Bonchev–Trinajstić information content (AvgIpc) is 2.74. The van der Waals surface area contributed by atoms with E-state index < -0.39 is 10.8 Å². The van der Waals surface area contributed by atoms with Crippen LogP contribution in [-0.4, -0.2) is 23.8 Å². The van der Waals surface area contributed by atoms with Crippen molar-refractivity contribution in [3.8, 4) is 5.75 Å². The molecular formula is C21H17N3O5. The monoisotopic (exact) mass is 391 g/mol. The van der Waals surface area contributed by atoms with Crippen molar-refractivity contribution in [1.29, 1.82) is 0 Å². The molecule has 0 bridgehead atoms. The van der Waals surface area contributed by atoms with E-state index in [0.29, 0.717) is 22.7 Å². The summed E-state index contributed by atoms with van der Waals surface area (Å²) in [6, 6.07) is 18.8. The van der Waals surface area contributed by atoms with E-state index in [0.717, 1.165) is 0 Å². The fourth-order valence-corrected chi connectivity index (χ4v) is 2.64. The number of nitro groups is 1. The van der Waals surface area contributed by atoms with Crippen molar-refractivity contribution in [1.82, 2.24) is 0 Å². The summed E-state index contributed by atoms with van der Waals surface area (Å²) >= 11 is 0. The summed E-state index contributed by atoms with van der Waals surface area (Å²) in [5.41, 5.74) is 1.19. The van der Waals surface area contributed by atoms with Gasteiger partial charge < -0.3 is 15.4 Å². The van der Waals surface area contributed by atoms with Crippen LogP contribution >= 0.6 is 0 Å². The smallest absolute Gasteiger partial charge is 0.270 e. The summed E-state index contributed by atoms with van der Waals surface area (Å²) in [6.07, 6.45) is 0. The van der Waals surface area contributed by atoms with Crippen molar-refractivity contribution in [2.45, 2.75) is 0 Å². The number of non-ortho nitro benzene ring substituents is 1. The van der Waals surface area contributed by atoms with E-state index >= 15 is 0 Å². The van der Waals surface area contributed by atoms with E-state index in [1.165, 1.54) is 37.4 Å². The molecule has 0 spiro atoms. The van der Waals surface area contributed by atoms with E-state index in [2.05, 4.69) is 10.6 Å². The molecule has 3 rings (SSSR count). The topological polar surface area (TPSA) is 111 Å². The molecule has 0 heterocycles. The second-order valence-electron chi connectivity index (χ2n) is 6.00. The maximum absolute atomic E-state index is 12.6. The van der Waals surface area contributed by atoms with Crippen molar-refractivity contribution < 1.29 is 19.2 Å². The molecule has 2 N–H and O–H groups in total. The first-order valence-corrected chi connectivity index (χ1v) is 8.58. The van der Waals surface area contributed by atoms with Crippen LogP contribution in [-0.2, 0) is 0 Å². The van der Waals surface area contributed by atoms with Gasteiger partial charge in [0.25, 0.3) is 17.5 Å². The number of nitrogens with one attached hydrogen (secondary N) is 2. The van der Waals surface area contributed by atoms with Crippen LogP contribution in [0.15, 0.2) is 72.8 Å². The van der Waals surface area contributed by atoms with Gasteiger partial charge in [0, 0.05) is 28.9 Å². The summed E-state index contributed by atoms with van der Waals surface area (Å²) < 4.78 is 5.21. The minimum Gasteiger partial charge on any atom is -0.495 e. The molecule has 8 heteroatoms. The number of ether oxygens (including phenoxy) is 1. The van der Waals surface area contributed by atoms with Crippen LogP contribution in [0.1, 0.15) is 20.7 Å². The molecular weight excluding hydrogens is 374 g/mol. The Morgan fingerprint density at radius 2 is 1.52 bits per heavy atom. The molecule has 0 aromatic heterocycles. The van der Waals surface area contributed by atoms with Gasteiger partial charge in [-0.15, -0.1) is 0 Å². The highest BCUT2D eigenvalue weighted by atomic mass is 16.6. The lowest BCUT2D eigenvalue weighted by Gasteiger charge is -2.11. The van der Waals surface area contributed by atoms with E-state index in [1.54, 1.807) is 42.5 Å². The Balaban J connectivity index is 1.75. The molecule has 0 unspecified atom stereocenters. The molecule has 2 amide bonds. The Hall–Kier alpha value is -4.20. The van der Waals surface area contributed by atoms with E-state index in [1.807, 2.05) is 0 Å². The molecule has 0 aliphatic carbocycles. The largest absolute Gasteiger partial charge is 0.495 e. The molecule has 3 aromatic carbocycles. The van der Waals surface area contributed by atoms with Gasteiger partial charge in [-0.1, -0.05) is 24.3 Å². The van der Waals surface area contributed by atoms with Crippen LogP contribution in [0.2, 0.25) is 0 Å². The Bertz CT molecular complexity index is 1080. The van der Waals surface area contributed by atoms with Crippen LogP contribution in [0.25, 0.3) is 0 Å². The van der Waals surface area contributed by atoms with Crippen molar-refractivity contribution in [2.24, 2.45) is 0 Å². The zero-order chi connectivity index (χ0) is 20.8. The third-order valence-electron chi connectivity index (χ3n) is 4.06. The SMILES string of the molecule is COc1ccccc1NC(=O)c1cccc(NC(=O)c2cccc([N+](=O)[O-])c2)c1. The van der Waals surface area contributed by atoms with Gasteiger partial charge >= 0.3 is 0 Å². The van der Waals surface area contributed by atoms with E-state index in [9.17, 15) is 19.7 Å². The van der Waals surface area contributed by atoms with Gasteiger partial charge in [0.15, 0.2) is 0 Å². The molecule has 0 atom stereocenters. The maximum Gasteiger partial charge on any atom is 0.270 e. The highest BCUT2D eigenvalue weighted by Crippen LogP contribution is 2.24. The summed E-state index contributed by atoms with van der Waals surface area (Å²) in [4.78, 5) is 35.2. The Morgan fingerprint density at radius 1 is 0.862 bits per heavy atom. The van der Waals surface area contributed by atoms with Gasteiger partial charge in [-0.3, -0.25) is 19.7 Å². The predicted octanol–water partition coefficient (Wildman–Crippen LogP) is 4.11. The normalized spacial score (nSPS) is 10.1. The first kappa shape index (κ1) is 19.6. The number of nitrogens with zero attached hydrogens (tertiary/aromatic N) is 1. The van der Waals surface area contributed by atoms with Crippen LogP contribution in [0, 0.1) is 10.1 Å². The lowest BCUT2D eigenvalue weighted by Crippen LogP contribution is -2.15. The van der Waals surface area contributed by atoms with E-state index in [4.69, 9.17) is 4.74 Å². The molecule has 0 aliphatic heterocycles. The van der Waals surface area contributed by atoms with Crippen molar-refractivity contribution in [3.05, 3.63) is 94.0 Å². The van der Waals surface area contributed by atoms with Gasteiger partial charge in [0.1, 0.15) is 5.75 Å². The lowest BCUT2D eigenvalue weighted by atomic mass is 10.1. The second kappa shape index (κ2) is 8.66. The second-order valence-corrected chi connectivity index (χ2v) is 6.00. The first-order valence-electron chi connectivity index (χ1n) is 8.58. The molecule has 0 aliphatic rings. The number of carbonyl (C=O) groups excluding carboxylic acids is 2. The molecule has 0 radical (unpaired) electrons. The molecule has 8 nitrogen and oxygen atoms in total. The summed E-state index contributed by atoms with van der Waals surface area (Å²) in [5, 5.41) is 16.3. The molecule has 0 saturated carbocycles. The third-order valence-corrected chi connectivity index (χ3v) is 4.06. The van der Waals surface area contributed by atoms with Crippen LogP contribution < -0.4 is 15.4 Å². The fraction of sp³-hybridized carbons (Fsp3) is 0.0476. The first-order chi connectivity index (χ1) is 14.0. The minimum absolute atomic E-state index is 0.142. The number of amides is 2. The number of hydrogen-bond acceptors (Lipinski definition) is 5.